The van der Waals surface area contributed by atoms with Crippen LogP contribution in [0.4, 0.5) is 5.69 Å². The zero-order valence-corrected chi connectivity index (χ0v) is 20.1. The number of hydrogen-bond acceptors (Lipinski definition) is 4. The highest BCUT2D eigenvalue weighted by Gasteiger charge is 2.13. The van der Waals surface area contributed by atoms with Gasteiger partial charge in [0.15, 0.2) is 0 Å². The Bertz CT molecular complexity index is 1100. The van der Waals surface area contributed by atoms with E-state index in [1.54, 1.807) is 36.2 Å². The van der Waals surface area contributed by atoms with Gasteiger partial charge in [0.1, 0.15) is 0 Å². The fourth-order valence-electron chi connectivity index (χ4n) is 3.68. The third-order valence-corrected chi connectivity index (χ3v) is 5.50. The first-order valence-corrected chi connectivity index (χ1v) is 11.9. The summed E-state index contributed by atoms with van der Waals surface area (Å²) in [5, 5.41) is 2.81. The largest absolute Gasteiger partial charge is 0.466 e. The first kappa shape index (κ1) is 25.7. The molecule has 0 fully saturated rings. The maximum absolute atomic E-state index is 12.8. The average Bonchev–Trinajstić information content (AvgIpc) is 2.87. The summed E-state index contributed by atoms with van der Waals surface area (Å²) in [5.74, 6) is -0.621. The number of aryl methyl sites for hydroxylation is 1. The minimum absolute atomic E-state index is 0.125. The van der Waals surface area contributed by atoms with Crippen molar-refractivity contribution in [3.05, 3.63) is 102 Å². The van der Waals surface area contributed by atoms with E-state index < -0.39 is 0 Å². The second-order valence-electron chi connectivity index (χ2n) is 8.44. The molecular weight excluding hydrogens is 440 g/mol. The predicted molar refractivity (Wildman–Crippen MR) is 137 cm³/mol. The van der Waals surface area contributed by atoms with E-state index in [2.05, 4.69) is 17.4 Å². The number of ether oxygens (including phenoxy) is 1. The van der Waals surface area contributed by atoms with Crippen LogP contribution in [0.2, 0.25) is 0 Å². The Morgan fingerprint density at radius 1 is 0.800 bits per heavy atom. The molecule has 2 amide bonds. The lowest BCUT2D eigenvalue weighted by atomic mass is 10.1. The Hall–Kier alpha value is -3.93. The Morgan fingerprint density at radius 2 is 1.49 bits per heavy atom. The summed E-state index contributed by atoms with van der Waals surface area (Å²) in [6.07, 6.45) is 2.43. The summed E-state index contributed by atoms with van der Waals surface area (Å²) in [4.78, 5) is 38.6. The standard InChI is InChI=1S/C29H32N2O4/c1-31(22-24-13-6-3-7-14-24)29(34)25-16-8-17-26(21-25)30-27(32)18-9-19-28(33)35-20-10-15-23-11-4-2-5-12-23/h2-8,11-14,16-17,21H,9-10,15,18-20,22H2,1H3,(H,30,32). The van der Waals surface area contributed by atoms with Crippen molar-refractivity contribution in [1.29, 1.82) is 0 Å². The number of anilines is 1. The van der Waals surface area contributed by atoms with Gasteiger partial charge in [-0.15, -0.1) is 0 Å². The fourth-order valence-corrected chi connectivity index (χ4v) is 3.68. The first-order chi connectivity index (χ1) is 17.0. The maximum Gasteiger partial charge on any atom is 0.305 e. The molecule has 0 bridgehead atoms. The number of carbonyl (C=O) groups is 3. The van der Waals surface area contributed by atoms with Crippen molar-refractivity contribution in [1.82, 2.24) is 4.90 Å². The normalized spacial score (nSPS) is 10.4. The molecule has 0 unspecified atom stereocenters. The van der Waals surface area contributed by atoms with Crippen LogP contribution in [0.3, 0.4) is 0 Å². The van der Waals surface area contributed by atoms with Gasteiger partial charge in [-0.25, -0.2) is 0 Å². The van der Waals surface area contributed by atoms with E-state index in [1.165, 1.54) is 5.56 Å². The minimum atomic E-state index is -0.292. The van der Waals surface area contributed by atoms with Crippen molar-refractivity contribution in [2.24, 2.45) is 0 Å². The molecule has 0 aliphatic carbocycles. The molecule has 0 saturated carbocycles. The Morgan fingerprint density at radius 3 is 2.20 bits per heavy atom. The molecule has 3 aromatic rings. The summed E-state index contributed by atoms with van der Waals surface area (Å²) in [7, 11) is 1.75. The topological polar surface area (TPSA) is 75.7 Å². The number of rotatable bonds is 12. The van der Waals surface area contributed by atoms with Crippen LogP contribution in [0, 0.1) is 0 Å². The van der Waals surface area contributed by atoms with Crippen LogP contribution in [0.5, 0.6) is 0 Å². The molecule has 35 heavy (non-hydrogen) atoms. The molecule has 0 heterocycles. The van der Waals surface area contributed by atoms with Crippen molar-refractivity contribution in [3.8, 4) is 0 Å². The van der Waals surface area contributed by atoms with Gasteiger partial charge in [0.2, 0.25) is 5.91 Å². The van der Waals surface area contributed by atoms with Gasteiger partial charge >= 0.3 is 5.97 Å². The third kappa shape index (κ3) is 9.08. The predicted octanol–water partition coefficient (Wildman–Crippen LogP) is 5.24. The van der Waals surface area contributed by atoms with Gasteiger partial charge in [-0.1, -0.05) is 66.7 Å². The number of hydrogen-bond donors (Lipinski definition) is 1. The van der Waals surface area contributed by atoms with Crippen molar-refractivity contribution < 1.29 is 19.1 Å². The minimum Gasteiger partial charge on any atom is -0.466 e. The lowest BCUT2D eigenvalue weighted by Crippen LogP contribution is -2.26. The van der Waals surface area contributed by atoms with E-state index in [0.717, 1.165) is 18.4 Å². The van der Waals surface area contributed by atoms with Gasteiger partial charge in [0.25, 0.3) is 5.91 Å². The highest BCUT2D eigenvalue weighted by Crippen LogP contribution is 2.15. The number of nitrogens with one attached hydrogen (secondary N) is 1. The van der Waals surface area contributed by atoms with Gasteiger partial charge in [0, 0.05) is 37.7 Å². The molecule has 0 spiro atoms. The van der Waals surface area contributed by atoms with Crippen LogP contribution in [-0.2, 0) is 27.3 Å². The number of nitrogens with zero attached hydrogens (tertiary/aromatic N) is 1. The summed E-state index contributed by atoms with van der Waals surface area (Å²) in [6, 6.07) is 26.7. The van der Waals surface area contributed by atoms with Crippen LogP contribution in [-0.4, -0.2) is 36.3 Å². The molecule has 1 N–H and O–H groups in total. The first-order valence-electron chi connectivity index (χ1n) is 11.9. The molecule has 3 rings (SSSR count). The van der Waals surface area contributed by atoms with E-state index in [9.17, 15) is 14.4 Å². The van der Waals surface area contributed by atoms with Crippen LogP contribution in [0.15, 0.2) is 84.9 Å². The summed E-state index contributed by atoms with van der Waals surface area (Å²) >= 11 is 0. The quantitative estimate of drug-likeness (QED) is 0.289. The van der Waals surface area contributed by atoms with E-state index in [-0.39, 0.29) is 30.6 Å². The lowest BCUT2D eigenvalue weighted by Gasteiger charge is -2.18. The second-order valence-corrected chi connectivity index (χ2v) is 8.44. The average molecular weight is 473 g/mol. The summed E-state index contributed by atoms with van der Waals surface area (Å²) in [5.41, 5.74) is 3.31. The van der Waals surface area contributed by atoms with Gasteiger partial charge in [-0.2, -0.15) is 0 Å². The monoisotopic (exact) mass is 472 g/mol. The van der Waals surface area contributed by atoms with Crippen LogP contribution < -0.4 is 5.32 Å². The van der Waals surface area contributed by atoms with Crippen LogP contribution >= 0.6 is 0 Å². The molecule has 3 aromatic carbocycles. The molecule has 182 valence electrons. The van der Waals surface area contributed by atoms with Gasteiger partial charge in [0.05, 0.1) is 6.61 Å². The summed E-state index contributed by atoms with van der Waals surface area (Å²) < 4.78 is 5.26. The van der Waals surface area contributed by atoms with Crippen molar-refractivity contribution in [3.63, 3.8) is 0 Å². The highest BCUT2D eigenvalue weighted by molar-refractivity contribution is 5.97. The van der Waals surface area contributed by atoms with E-state index in [0.29, 0.717) is 30.8 Å². The van der Waals surface area contributed by atoms with Gasteiger partial charge < -0.3 is 15.0 Å². The Labute approximate surface area is 206 Å². The molecular formula is C29H32N2O4. The van der Waals surface area contributed by atoms with E-state index >= 15 is 0 Å². The Kier molecular flexibility index (Phi) is 10.1. The van der Waals surface area contributed by atoms with Crippen molar-refractivity contribution in [2.45, 2.75) is 38.6 Å². The lowest BCUT2D eigenvalue weighted by molar-refractivity contribution is -0.143. The zero-order chi connectivity index (χ0) is 24.9. The molecule has 6 heteroatoms. The van der Waals surface area contributed by atoms with Crippen LogP contribution in [0.1, 0.15) is 47.2 Å². The Balaban J connectivity index is 1.36. The second kappa shape index (κ2) is 13.7. The number of benzene rings is 3. The molecule has 6 nitrogen and oxygen atoms in total. The highest BCUT2D eigenvalue weighted by atomic mass is 16.5. The van der Waals surface area contributed by atoms with E-state index in [1.807, 2.05) is 48.5 Å². The van der Waals surface area contributed by atoms with E-state index in [4.69, 9.17) is 4.74 Å². The third-order valence-electron chi connectivity index (χ3n) is 5.50. The number of carbonyl (C=O) groups excluding carboxylic acids is 3. The molecule has 0 atom stereocenters. The molecule has 0 aromatic heterocycles. The fraction of sp³-hybridized carbons (Fsp3) is 0.276. The molecule has 0 radical (unpaired) electrons. The van der Waals surface area contributed by atoms with Gasteiger partial charge in [-0.3, -0.25) is 14.4 Å². The zero-order valence-electron chi connectivity index (χ0n) is 20.1. The van der Waals surface area contributed by atoms with Crippen molar-refractivity contribution >= 4 is 23.5 Å². The maximum atomic E-state index is 12.8. The molecule has 0 aliphatic heterocycles. The number of esters is 1. The SMILES string of the molecule is CN(Cc1ccccc1)C(=O)c1cccc(NC(=O)CCCC(=O)OCCCc2ccccc2)c1. The molecule has 0 saturated heterocycles. The van der Waals surface area contributed by atoms with Gasteiger partial charge in [-0.05, 0) is 48.6 Å². The molecule has 0 aliphatic rings. The smallest absolute Gasteiger partial charge is 0.305 e. The summed E-state index contributed by atoms with van der Waals surface area (Å²) in [6.45, 7) is 0.873. The van der Waals surface area contributed by atoms with Crippen LogP contribution in [0.25, 0.3) is 0 Å². The number of amides is 2. The van der Waals surface area contributed by atoms with Crippen molar-refractivity contribution in [2.75, 3.05) is 19.0 Å².